The number of aryl methyl sites for hydroxylation is 1. The number of morpholine rings is 1. The normalized spacial score (nSPS) is 15.0. The molecule has 0 unspecified atom stereocenters. The number of fused-ring (bicyclic) bond motifs is 1. The van der Waals surface area contributed by atoms with E-state index in [1.54, 1.807) is 7.11 Å². The molecule has 0 aliphatic carbocycles. The third kappa shape index (κ3) is 6.86. The Morgan fingerprint density at radius 3 is 2.66 bits per heavy atom. The van der Waals surface area contributed by atoms with Crippen LogP contribution >= 0.6 is 0 Å². The van der Waals surface area contributed by atoms with Crippen LogP contribution in [0.1, 0.15) is 51.1 Å². The van der Waals surface area contributed by atoms with Crippen LogP contribution in [-0.2, 0) is 11.2 Å². The Balaban J connectivity index is 1.42. The van der Waals surface area contributed by atoms with Crippen molar-refractivity contribution in [2.45, 2.75) is 51.9 Å². The fraction of sp³-hybridized carbons (Fsp3) is 0.625. The second kappa shape index (κ2) is 12.0. The van der Waals surface area contributed by atoms with Gasteiger partial charge in [0.2, 0.25) is 0 Å². The van der Waals surface area contributed by atoms with Gasteiger partial charge in [-0.15, -0.1) is 0 Å². The lowest BCUT2D eigenvalue weighted by atomic mass is 10.1. The monoisotopic (exact) mass is 400 g/mol. The molecule has 1 saturated heterocycles. The molecule has 1 aromatic carbocycles. The predicted octanol–water partition coefficient (Wildman–Crippen LogP) is 4.86. The molecule has 0 radical (unpaired) electrons. The van der Waals surface area contributed by atoms with E-state index in [0.29, 0.717) is 0 Å². The van der Waals surface area contributed by atoms with Crippen LogP contribution in [-0.4, -0.2) is 56.4 Å². The van der Waals surface area contributed by atoms with Crippen molar-refractivity contribution in [1.29, 1.82) is 0 Å². The standard InChI is InChI=1S/C24H36N2O3/c1-3-4-9-20-18-24(27-2)22-19-21(10-11-23(22)25-20)29-15-8-6-5-7-12-26-13-16-28-17-14-26/h10-11,18-19H,3-9,12-17H2,1-2H3. The number of nitrogens with zero attached hydrogens (tertiary/aromatic N) is 2. The molecule has 0 atom stereocenters. The van der Waals surface area contributed by atoms with Crippen molar-refractivity contribution in [1.82, 2.24) is 9.88 Å². The van der Waals surface area contributed by atoms with Crippen LogP contribution < -0.4 is 9.47 Å². The Bertz CT molecular complexity index is 744. The lowest BCUT2D eigenvalue weighted by Gasteiger charge is -2.26. The fourth-order valence-electron chi connectivity index (χ4n) is 3.78. The van der Waals surface area contributed by atoms with Crippen LogP contribution in [0.15, 0.2) is 24.3 Å². The van der Waals surface area contributed by atoms with E-state index in [9.17, 15) is 0 Å². The molecule has 3 rings (SSSR count). The van der Waals surface area contributed by atoms with Crippen molar-refractivity contribution in [2.24, 2.45) is 0 Å². The van der Waals surface area contributed by atoms with Crippen molar-refractivity contribution in [3.63, 3.8) is 0 Å². The quantitative estimate of drug-likeness (QED) is 0.476. The Kier molecular flexibility index (Phi) is 9.03. The van der Waals surface area contributed by atoms with Crippen molar-refractivity contribution >= 4 is 10.9 Å². The summed E-state index contributed by atoms with van der Waals surface area (Å²) in [5.74, 6) is 1.78. The molecular weight excluding hydrogens is 364 g/mol. The van der Waals surface area contributed by atoms with Gasteiger partial charge in [-0.1, -0.05) is 26.2 Å². The third-order valence-corrected chi connectivity index (χ3v) is 5.54. The summed E-state index contributed by atoms with van der Waals surface area (Å²) in [4.78, 5) is 7.29. The van der Waals surface area contributed by atoms with Crippen molar-refractivity contribution in [3.05, 3.63) is 30.0 Å². The first-order valence-corrected chi connectivity index (χ1v) is 11.2. The number of rotatable bonds is 12. The van der Waals surface area contributed by atoms with Gasteiger partial charge in [0, 0.05) is 30.2 Å². The number of benzene rings is 1. The maximum Gasteiger partial charge on any atom is 0.130 e. The van der Waals surface area contributed by atoms with Crippen LogP contribution in [0, 0.1) is 0 Å². The number of unbranched alkanes of at least 4 members (excludes halogenated alkanes) is 4. The molecule has 1 aliphatic heterocycles. The number of hydrogen-bond acceptors (Lipinski definition) is 5. The molecule has 0 saturated carbocycles. The highest BCUT2D eigenvalue weighted by Gasteiger charge is 2.10. The summed E-state index contributed by atoms with van der Waals surface area (Å²) in [6.07, 6.45) is 8.13. The first-order chi connectivity index (χ1) is 14.3. The Hall–Kier alpha value is -1.85. The van der Waals surface area contributed by atoms with Crippen molar-refractivity contribution < 1.29 is 14.2 Å². The molecule has 5 nitrogen and oxygen atoms in total. The zero-order chi connectivity index (χ0) is 20.3. The number of ether oxygens (including phenoxy) is 3. The molecule has 1 aliphatic rings. The van der Waals surface area contributed by atoms with Crippen LogP contribution in [0.4, 0.5) is 0 Å². The van der Waals surface area contributed by atoms with Crippen molar-refractivity contribution in [2.75, 3.05) is 46.6 Å². The highest BCUT2D eigenvalue weighted by Crippen LogP contribution is 2.29. The molecule has 0 amide bonds. The van der Waals surface area contributed by atoms with Crippen molar-refractivity contribution in [3.8, 4) is 11.5 Å². The van der Waals surface area contributed by atoms with Gasteiger partial charge in [-0.25, -0.2) is 0 Å². The Morgan fingerprint density at radius 1 is 1.03 bits per heavy atom. The smallest absolute Gasteiger partial charge is 0.130 e. The fourth-order valence-corrected chi connectivity index (χ4v) is 3.78. The SMILES string of the molecule is CCCCc1cc(OC)c2cc(OCCCCCCN3CCOCC3)ccc2n1. The van der Waals surface area contributed by atoms with E-state index in [0.717, 1.165) is 80.3 Å². The second-order valence-electron chi connectivity index (χ2n) is 7.82. The summed E-state index contributed by atoms with van der Waals surface area (Å²) in [6.45, 7) is 8.11. The van der Waals surface area contributed by atoms with E-state index in [4.69, 9.17) is 19.2 Å². The van der Waals surface area contributed by atoms with Gasteiger partial charge in [0.15, 0.2) is 0 Å². The number of pyridine rings is 1. The van der Waals surface area contributed by atoms with E-state index in [1.807, 2.05) is 12.1 Å². The minimum Gasteiger partial charge on any atom is -0.496 e. The Morgan fingerprint density at radius 2 is 1.86 bits per heavy atom. The number of hydrogen-bond donors (Lipinski definition) is 0. The predicted molar refractivity (Wildman–Crippen MR) is 118 cm³/mol. The first-order valence-electron chi connectivity index (χ1n) is 11.2. The van der Waals surface area contributed by atoms with Crippen LogP contribution in [0.25, 0.3) is 10.9 Å². The molecule has 2 aromatic rings. The van der Waals surface area contributed by atoms with E-state index < -0.39 is 0 Å². The third-order valence-electron chi connectivity index (χ3n) is 5.54. The Labute approximate surface area is 175 Å². The van der Waals surface area contributed by atoms with E-state index in [2.05, 4.69) is 24.0 Å². The highest BCUT2D eigenvalue weighted by atomic mass is 16.5. The first kappa shape index (κ1) is 21.8. The zero-order valence-electron chi connectivity index (χ0n) is 18.1. The van der Waals surface area contributed by atoms with Gasteiger partial charge in [-0.05, 0) is 50.4 Å². The number of aromatic nitrogens is 1. The molecule has 2 heterocycles. The summed E-state index contributed by atoms with van der Waals surface area (Å²) in [5, 5.41) is 1.02. The van der Waals surface area contributed by atoms with Gasteiger partial charge >= 0.3 is 0 Å². The van der Waals surface area contributed by atoms with Gasteiger partial charge in [-0.2, -0.15) is 0 Å². The topological polar surface area (TPSA) is 43.8 Å². The average molecular weight is 401 g/mol. The van der Waals surface area contributed by atoms with Crippen LogP contribution in [0.3, 0.4) is 0 Å². The largest absolute Gasteiger partial charge is 0.496 e. The van der Waals surface area contributed by atoms with Gasteiger partial charge in [-0.3, -0.25) is 9.88 Å². The molecule has 0 bridgehead atoms. The second-order valence-corrected chi connectivity index (χ2v) is 7.82. The summed E-state index contributed by atoms with van der Waals surface area (Å²) in [5.41, 5.74) is 2.08. The van der Waals surface area contributed by atoms with E-state index in [-0.39, 0.29) is 0 Å². The molecule has 0 spiro atoms. The molecule has 0 N–H and O–H groups in total. The number of methoxy groups -OCH3 is 1. The lowest BCUT2D eigenvalue weighted by Crippen LogP contribution is -2.36. The summed E-state index contributed by atoms with van der Waals surface area (Å²) >= 11 is 0. The molecular formula is C24H36N2O3. The van der Waals surface area contributed by atoms with Crippen LogP contribution in [0.5, 0.6) is 11.5 Å². The molecule has 29 heavy (non-hydrogen) atoms. The minimum absolute atomic E-state index is 0.757. The molecule has 160 valence electrons. The van der Waals surface area contributed by atoms with E-state index >= 15 is 0 Å². The van der Waals surface area contributed by atoms with Gasteiger partial charge in [0.05, 0.1) is 32.4 Å². The highest BCUT2D eigenvalue weighted by molar-refractivity contribution is 5.86. The molecule has 1 aromatic heterocycles. The maximum absolute atomic E-state index is 6.00. The molecule has 5 heteroatoms. The average Bonchev–Trinajstić information content (AvgIpc) is 2.77. The van der Waals surface area contributed by atoms with Gasteiger partial charge in [0.25, 0.3) is 0 Å². The summed E-state index contributed by atoms with van der Waals surface area (Å²) < 4.78 is 17.0. The summed E-state index contributed by atoms with van der Waals surface area (Å²) in [7, 11) is 1.73. The van der Waals surface area contributed by atoms with Gasteiger partial charge in [0.1, 0.15) is 11.5 Å². The minimum atomic E-state index is 0.757. The molecule has 1 fully saturated rings. The lowest BCUT2D eigenvalue weighted by molar-refractivity contribution is 0.0371. The van der Waals surface area contributed by atoms with Crippen LogP contribution in [0.2, 0.25) is 0 Å². The maximum atomic E-state index is 6.00. The van der Waals surface area contributed by atoms with Gasteiger partial charge < -0.3 is 14.2 Å². The summed E-state index contributed by atoms with van der Waals surface area (Å²) in [6, 6.07) is 8.20. The van der Waals surface area contributed by atoms with E-state index in [1.165, 1.54) is 32.2 Å². The zero-order valence-corrected chi connectivity index (χ0v) is 18.1.